The van der Waals surface area contributed by atoms with Crippen molar-refractivity contribution in [2.75, 3.05) is 33.3 Å². The molecular formula is C13H19ClN2O3S. The third-order valence-electron chi connectivity index (χ3n) is 2.52. The molecule has 0 aliphatic carbocycles. The van der Waals surface area contributed by atoms with Crippen molar-refractivity contribution in [3.05, 3.63) is 17.2 Å². The second kappa shape index (κ2) is 8.14. The van der Waals surface area contributed by atoms with Crippen molar-refractivity contribution in [2.45, 2.75) is 13.0 Å². The Bertz CT molecular complexity index is 471. The first-order chi connectivity index (χ1) is 9.51. The summed E-state index contributed by atoms with van der Waals surface area (Å²) in [6.07, 6.45) is 0. The summed E-state index contributed by atoms with van der Waals surface area (Å²) in [5.74, 6) is 1.13. The van der Waals surface area contributed by atoms with Crippen LogP contribution in [0.5, 0.6) is 11.5 Å². The normalized spacial score (nSPS) is 11.7. The van der Waals surface area contributed by atoms with Gasteiger partial charge in [-0.2, -0.15) is 0 Å². The first-order valence-electron chi connectivity index (χ1n) is 5.99. The molecule has 1 rings (SSSR count). The van der Waals surface area contributed by atoms with Gasteiger partial charge in [0.25, 0.3) is 0 Å². The second-order valence-corrected chi connectivity index (χ2v) is 4.96. The third kappa shape index (κ3) is 4.70. The van der Waals surface area contributed by atoms with Gasteiger partial charge in [-0.3, -0.25) is 0 Å². The van der Waals surface area contributed by atoms with Crippen LogP contribution in [0, 0.1) is 0 Å². The Labute approximate surface area is 129 Å². The van der Waals surface area contributed by atoms with Crippen LogP contribution in [-0.2, 0) is 4.74 Å². The molecule has 0 heterocycles. The summed E-state index contributed by atoms with van der Waals surface area (Å²) in [6.45, 7) is 2.53. The monoisotopic (exact) mass is 318 g/mol. The number of nitrogens with one attached hydrogen (secondary N) is 2. The predicted molar refractivity (Wildman–Crippen MR) is 85.3 cm³/mol. The molecule has 0 aromatic heterocycles. The Morgan fingerprint density at radius 2 is 1.90 bits per heavy atom. The minimum Gasteiger partial charge on any atom is -0.495 e. The summed E-state index contributed by atoms with van der Waals surface area (Å²) in [4.78, 5) is 0. The van der Waals surface area contributed by atoms with Crippen molar-refractivity contribution >= 4 is 34.6 Å². The first-order valence-corrected chi connectivity index (χ1v) is 6.78. The molecule has 1 aromatic rings. The molecular weight excluding hydrogens is 300 g/mol. The molecule has 112 valence electrons. The van der Waals surface area contributed by atoms with Crippen LogP contribution in [0.3, 0.4) is 0 Å². The van der Waals surface area contributed by atoms with E-state index in [0.717, 1.165) is 0 Å². The highest BCUT2D eigenvalue weighted by atomic mass is 35.5. The van der Waals surface area contributed by atoms with Crippen LogP contribution in [0.4, 0.5) is 5.69 Å². The van der Waals surface area contributed by atoms with Crippen molar-refractivity contribution in [3.8, 4) is 11.5 Å². The number of methoxy groups -OCH3 is 3. The van der Waals surface area contributed by atoms with Crippen molar-refractivity contribution in [1.29, 1.82) is 0 Å². The molecule has 1 aromatic carbocycles. The van der Waals surface area contributed by atoms with E-state index in [0.29, 0.717) is 33.9 Å². The van der Waals surface area contributed by atoms with E-state index in [1.54, 1.807) is 33.5 Å². The van der Waals surface area contributed by atoms with Crippen LogP contribution in [0.15, 0.2) is 12.1 Å². The fourth-order valence-electron chi connectivity index (χ4n) is 1.63. The lowest BCUT2D eigenvalue weighted by atomic mass is 10.2. The highest BCUT2D eigenvalue weighted by Gasteiger charge is 2.12. The van der Waals surface area contributed by atoms with Crippen molar-refractivity contribution in [1.82, 2.24) is 5.32 Å². The minimum absolute atomic E-state index is 0.0974. The Hall–Kier alpha value is -1.24. The van der Waals surface area contributed by atoms with Crippen LogP contribution in [0.2, 0.25) is 5.02 Å². The van der Waals surface area contributed by atoms with Crippen molar-refractivity contribution in [3.63, 3.8) is 0 Å². The number of anilines is 1. The lowest BCUT2D eigenvalue weighted by Gasteiger charge is -2.18. The van der Waals surface area contributed by atoms with Gasteiger partial charge in [0.2, 0.25) is 0 Å². The van der Waals surface area contributed by atoms with Crippen LogP contribution >= 0.6 is 23.8 Å². The van der Waals surface area contributed by atoms with E-state index in [9.17, 15) is 0 Å². The van der Waals surface area contributed by atoms with Crippen LogP contribution in [-0.4, -0.2) is 39.1 Å². The lowest BCUT2D eigenvalue weighted by Crippen LogP contribution is -2.38. The van der Waals surface area contributed by atoms with Gasteiger partial charge in [0.1, 0.15) is 11.5 Å². The molecule has 0 aliphatic heterocycles. The van der Waals surface area contributed by atoms with Gasteiger partial charge in [0, 0.05) is 25.3 Å². The molecule has 1 unspecified atom stereocenters. The molecule has 0 fully saturated rings. The zero-order valence-corrected chi connectivity index (χ0v) is 13.5. The van der Waals surface area contributed by atoms with Gasteiger partial charge in [0.15, 0.2) is 5.11 Å². The molecule has 0 spiro atoms. The van der Waals surface area contributed by atoms with E-state index in [-0.39, 0.29) is 6.04 Å². The number of hydrogen-bond donors (Lipinski definition) is 2. The molecule has 0 amide bonds. The van der Waals surface area contributed by atoms with E-state index in [1.807, 2.05) is 6.92 Å². The van der Waals surface area contributed by atoms with Gasteiger partial charge >= 0.3 is 0 Å². The van der Waals surface area contributed by atoms with Gasteiger partial charge in [0.05, 0.1) is 31.5 Å². The standard InChI is InChI=1S/C13H19ClN2O3S/c1-8(7-17-2)15-13(20)16-10-6-11(18-3)9(14)5-12(10)19-4/h5-6,8H,7H2,1-4H3,(H2,15,16,20). The number of thiocarbonyl (C=S) groups is 1. The highest BCUT2D eigenvalue weighted by molar-refractivity contribution is 7.80. The highest BCUT2D eigenvalue weighted by Crippen LogP contribution is 2.35. The van der Waals surface area contributed by atoms with Crippen LogP contribution in [0.1, 0.15) is 6.92 Å². The van der Waals surface area contributed by atoms with E-state index < -0.39 is 0 Å². The van der Waals surface area contributed by atoms with Gasteiger partial charge in [-0.05, 0) is 19.1 Å². The molecule has 0 saturated carbocycles. The maximum atomic E-state index is 6.04. The quantitative estimate of drug-likeness (QED) is 0.787. The van der Waals surface area contributed by atoms with Gasteiger partial charge < -0.3 is 24.8 Å². The minimum atomic E-state index is 0.0974. The maximum absolute atomic E-state index is 6.04. The van der Waals surface area contributed by atoms with E-state index >= 15 is 0 Å². The molecule has 20 heavy (non-hydrogen) atoms. The zero-order valence-electron chi connectivity index (χ0n) is 12.0. The van der Waals surface area contributed by atoms with Crippen molar-refractivity contribution in [2.24, 2.45) is 0 Å². The lowest BCUT2D eigenvalue weighted by molar-refractivity contribution is 0.179. The Morgan fingerprint density at radius 3 is 2.45 bits per heavy atom. The number of ether oxygens (including phenoxy) is 3. The summed E-state index contributed by atoms with van der Waals surface area (Å²) in [5.41, 5.74) is 0.677. The average Bonchev–Trinajstić information content (AvgIpc) is 2.40. The third-order valence-corrected chi connectivity index (χ3v) is 3.03. The topological polar surface area (TPSA) is 51.8 Å². The summed E-state index contributed by atoms with van der Waals surface area (Å²) in [5, 5.41) is 7.10. The largest absolute Gasteiger partial charge is 0.495 e. The van der Waals surface area contributed by atoms with E-state index in [4.69, 9.17) is 38.0 Å². The second-order valence-electron chi connectivity index (χ2n) is 4.14. The average molecular weight is 319 g/mol. The van der Waals surface area contributed by atoms with Crippen molar-refractivity contribution < 1.29 is 14.2 Å². The SMILES string of the molecule is COCC(C)NC(=S)Nc1cc(OC)c(Cl)cc1OC. The van der Waals surface area contributed by atoms with E-state index in [2.05, 4.69) is 10.6 Å². The molecule has 2 N–H and O–H groups in total. The Kier molecular flexibility index (Phi) is 6.84. The van der Waals surface area contributed by atoms with Crippen LogP contribution in [0.25, 0.3) is 0 Å². The van der Waals surface area contributed by atoms with E-state index in [1.165, 1.54) is 0 Å². The number of hydrogen-bond acceptors (Lipinski definition) is 4. The van der Waals surface area contributed by atoms with Gasteiger partial charge in [-0.1, -0.05) is 11.6 Å². The fraction of sp³-hybridized carbons (Fsp3) is 0.462. The molecule has 0 aliphatic rings. The zero-order chi connectivity index (χ0) is 15.1. The molecule has 1 atom stereocenters. The summed E-state index contributed by atoms with van der Waals surface area (Å²) in [7, 11) is 4.75. The Balaban J connectivity index is 2.82. The Morgan fingerprint density at radius 1 is 1.25 bits per heavy atom. The number of halogens is 1. The van der Waals surface area contributed by atoms with Gasteiger partial charge in [-0.25, -0.2) is 0 Å². The predicted octanol–water partition coefficient (Wildman–Crippen LogP) is 2.68. The summed E-state index contributed by atoms with van der Waals surface area (Å²) < 4.78 is 15.5. The van der Waals surface area contributed by atoms with Gasteiger partial charge in [-0.15, -0.1) is 0 Å². The summed E-state index contributed by atoms with van der Waals surface area (Å²) in [6, 6.07) is 3.50. The number of benzene rings is 1. The molecule has 5 nitrogen and oxygen atoms in total. The molecule has 0 radical (unpaired) electrons. The molecule has 7 heteroatoms. The first kappa shape index (κ1) is 16.8. The smallest absolute Gasteiger partial charge is 0.171 e. The summed E-state index contributed by atoms with van der Waals surface area (Å²) >= 11 is 11.3. The maximum Gasteiger partial charge on any atom is 0.171 e. The fourth-order valence-corrected chi connectivity index (χ4v) is 2.17. The number of rotatable bonds is 6. The van der Waals surface area contributed by atoms with Crippen LogP contribution < -0.4 is 20.1 Å². The molecule has 0 saturated heterocycles. The molecule has 0 bridgehead atoms.